The Bertz CT molecular complexity index is 183. The summed E-state index contributed by atoms with van der Waals surface area (Å²) in [5.41, 5.74) is 0. The van der Waals surface area contributed by atoms with Crippen LogP contribution in [0, 0.1) is 0 Å². The van der Waals surface area contributed by atoms with E-state index in [1.54, 1.807) is 0 Å². The molecule has 1 atom stereocenters. The lowest BCUT2D eigenvalue weighted by Crippen LogP contribution is -2.13. The van der Waals surface area contributed by atoms with Gasteiger partial charge < -0.3 is 4.90 Å². The van der Waals surface area contributed by atoms with Crippen LogP contribution in [0.25, 0.3) is 0 Å². The monoisotopic (exact) mass is 337 g/mol. The second kappa shape index (κ2) is 8.01. The van der Waals surface area contributed by atoms with Crippen LogP contribution < -0.4 is 0 Å². The smallest absolute Gasteiger partial charge is 0.309 e. The molecule has 0 aliphatic carbocycles. The van der Waals surface area contributed by atoms with Gasteiger partial charge in [-0.2, -0.15) is 0 Å². The maximum Gasteiger partial charge on any atom is 0.484 e. The predicted octanol–water partition coefficient (Wildman–Crippen LogP) is 2.47. The van der Waals surface area contributed by atoms with E-state index in [1.165, 1.54) is 30.1 Å². The summed E-state index contributed by atoms with van der Waals surface area (Å²) in [6.45, 7) is 1.38. The Morgan fingerprint density at radius 2 is 2.00 bits per heavy atom. The number of halogens is 1. The van der Waals surface area contributed by atoms with Crippen molar-refractivity contribution in [3.05, 3.63) is 0 Å². The quantitative estimate of drug-likeness (QED) is 0.387. The molecule has 0 N–H and O–H groups in total. The third-order valence-electron chi connectivity index (χ3n) is 1.56. The second-order valence-electron chi connectivity index (χ2n) is 3.04. The van der Waals surface area contributed by atoms with Crippen LogP contribution in [0.1, 0.15) is 12.8 Å². The molecule has 14 heavy (non-hydrogen) atoms. The molecule has 0 aromatic heterocycles. The van der Waals surface area contributed by atoms with Crippen molar-refractivity contribution >= 4 is 30.8 Å². The van der Waals surface area contributed by atoms with Crippen LogP contribution >= 0.6 is 30.8 Å². The molecular formula is C7H17INO4P. The van der Waals surface area contributed by atoms with Crippen LogP contribution in [0.5, 0.6) is 0 Å². The van der Waals surface area contributed by atoms with Gasteiger partial charge in [-0.05, 0) is 33.5 Å². The molecule has 0 radical (unpaired) electrons. The topological polar surface area (TPSA) is 48.0 Å². The number of nitrogens with zero attached hydrogens (tertiary/aromatic N) is 1. The van der Waals surface area contributed by atoms with Gasteiger partial charge >= 0.3 is 7.82 Å². The first-order valence-electron chi connectivity index (χ1n) is 4.29. The minimum absolute atomic E-state index is 0.391. The van der Waals surface area contributed by atoms with Crippen LogP contribution in [0.2, 0.25) is 0 Å². The fourth-order valence-corrected chi connectivity index (χ4v) is 2.19. The van der Waals surface area contributed by atoms with Crippen molar-refractivity contribution in [2.45, 2.75) is 12.8 Å². The van der Waals surface area contributed by atoms with E-state index < -0.39 is 7.82 Å². The third kappa shape index (κ3) is 7.14. The summed E-state index contributed by atoms with van der Waals surface area (Å²) < 4.78 is 25.6. The number of unbranched alkanes of at least 4 members (excludes halogenated alkanes) is 1. The van der Waals surface area contributed by atoms with Crippen LogP contribution in [0.3, 0.4) is 0 Å². The molecule has 0 heterocycles. The molecule has 0 aliphatic rings. The Kier molecular flexibility index (Phi) is 8.47. The van der Waals surface area contributed by atoms with Gasteiger partial charge in [0.15, 0.2) is 0 Å². The Hall–Kier alpha value is 0.800. The first-order chi connectivity index (χ1) is 6.54. The third-order valence-corrected chi connectivity index (χ3v) is 4.12. The van der Waals surface area contributed by atoms with Gasteiger partial charge in [-0.15, -0.1) is 0 Å². The standard InChI is InChI=1S/C7H17INO4P/c1-9(2)6-4-5-7-12-14(10,11-3)13-8/h4-7H2,1-3H3. The molecule has 7 heteroatoms. The highest BCUT2D eigenvalue weighted by atomic mass is 127. The van der Waals surface area contributed by atoms with E-state index in [2.05, 4.69) is 12.3 Å². The second-order valence-corrected chi connectivity index (χ2v) is 5.88. The van der Waals surface area contributed by atoms with E-state index in [-0.39, 0.29) is 0 Å². The molecule has 86 valence electrons. The zero-order valence-electron chi connectivity index (χ0n) is 8.73. The summed E-state index contributed by atoms with van der Waals surface area (Å²) in [6, 6.07) is 0. The number of rotatable bonds is 8. The highest BCUT2D eigenvalue weighted by Gasteiger charge is 2.23. The molecule has 1 unspecified atom stereocenters. The normalized spacial score (nSPS) is 15.8. The molecule has 0 spiro atoms. The van der Waals surface area contributed by atoms with E-state index in [9.17, 15) is 4.57 Å². The molecule has 0 amide bonds. The molecule has 0 aromatic rings. The van der Waals surface area contributed by atoms with Gasteiger partial charge in [-0.1, -0.05) is 0 Å². The fourth-order valence-electron chi connectivity index (χ4n) is 0.807. The molecule has 0 bridgehead atoms. The van der Waals surface area contributed by atoms with E-state index in [0.29, 0.717) is 6.61 Å². The molecule has 0 aromatic carbocycles. The molecule has 0 rings (SSSR count). The molecule has 0 saturated heterocycles. The molecule has 5 nitrogen and oxygen atoms in total. The van der Waals surface area contributed by atoms with Crippen LogP contribution in [-0.4, -0.2) is 39.3 Å². The number of phosphoric ester groups is 1. The van der Waals surface area contributed by atoms with Crippen molar-refractivity contribution in [3.63, 3.8) is 0 Å². The minimum atomic E-state index is -3.27. The number of hydrogen-bond acceptors (Lipinski definition) is 5. The van der Waals surface area contributed by atoms with Crippen molar-refractivity contribution < 1.29 is 16.5 Å². The summed E-state index contributed by atoms with van der Waals surface area (Å²) in [5, 5.41) is 0. The van der Waals surface area contributed by atoms with E-state index in [0.717, 1.165) is 19.4 Å². The lowest BCUT2D eigenvalue weighted by Gasteiger charge is -2.12. The number of hydrogen-bond donors (Lipinski definition) is 0. The average Bonchev–Trinajstić information content (AvgIpc) is 2.16. The SMILES string of the molecule is COP(=O)(OI)OCCCCN(C)C. The van der Waals surface area contributed by atoms with E-state index in [4.69, 9.17) is 4.52 Å². The highest BCUT2D eigenvalue weighted by molar-refractivity contribution is 14.1. The van der Waals surface area contributed by atoms with Gasteiger partial charge in [-0.25, -0.2) is 7.42 Å². The van der Waals surface area contributed by atoms with Gasteiger partial charge in [0, 0.05) is 7.11 Å². The minimum Gasteiger partial charge on any atom is -0.309 e. The summed E-state index contributed by atoms with van der Waals surface area (Å²) in [7, 11) is 2.05. The molecule has 0 aliphatic heterocycles. The maximum atomic E-state index is 11.4. The van der Waals surface area contributed by atoms with E-state index in [1.807, 2.05) is 14.1 Å². The molecule has 0 fully saturated rings. The van der Waals surface area contributed by atoms with Gasteiger partial charge in [0.2, 0.25) is 0 Å². The van der Waals surface area contributed by atoms with Crippen LogP contribution in [0.15, 0.2) is 0 Å². The van der Waals surface area contributed by atoms with Crippen molar-refractivity contribution in [2.75, 3.05) is 34.4 Å². The summed E-state index contributed by atoms with van der Waals surface area (Å²) in [5.74, 6) is 0. The molecule has 0 saturated carbocycles. The maximum absolute atomic E-state index is 11.4. The molecular weight excluding hydrogens is 320 g/mol. The van der Waals surface area contributed by atoms with Crippen molar-refractivity contribution in [1.82, 2.24) is 4.90 Å². The Balaban J connectivity index is 3.48. The summed E-state index contributed by atoms with van der Waals surface area (Å²) in [6.07, 6.45) is 1.84. The van der Waals surface area contributed by atoms with Gasteiger partial charge in [0.1, 0.15) is 23.0 Å². The van der Waals surface area contributed by atoms with Crippen LogP contribution in [-0.2, 0) is 16.5 Å². The van der Waals surface area contributed by atoms with Crippen LogP contribution in [0.4, 0.5) is 0 Å². The van der Waals surface area contributed by atoms with E-state index >= 15 is 0 Å². The Morgan fingerprint density at radius 1 is 1.36 bits per heavy atom. The largest absolute Gasteiger partial charge is 0.484 e. The highest BCUT2D eigenvalue weighted by Crippen LogP contribution is 2.50. The van der Waals surface area contributed by atoms with Gasteiger partial charge in [-0.3, -0.25) is 9.05 Å². The predicted molar refractivity (Wildman–Crippen MR) is 63.5 cm³/mol. The van der Waals surface area contributed by atoms with Crippen molar-refractivity contribution in [1.29, 1.82) is 0 Å². The number of phosphoric acid groups is 1. The zero-order chi connectivity index (χ0) is 11.0. The lowest BCUT2D eigenvalue weighted by molar-refractivity contribution is 0.189. The first kappa shape index (κ1) is 14.8. The Labute approximate surface area is 99.4 Å². The van der Waals surface area contributed by atoms with Crippen molar-refractivity contribution in [3.8, 4) is 0 Å². The fraction of sp³-hybridized carbons (Fsp3) is 1.00. The summed E-state index contributed by atoms with van der Waals surface area (Å²) >= 11 is 1.52. The Morgan fingerprint density at radius 3 is 2.43 bits per heavy atom. The van der Waals surface area contributed by atoms with Gasteiger partial charge in [0.25, 0.3) is 0 Å². The summed E-state index contributed by atoms with van der Waals surface area (Å²) in [4.78, 5) is 2.09. The zero-order valence-corrected chi connectivity index (χ0v) is 11.8. The first-order valence-corrected chi connectivity index (χ1v) is 6.63. The average molecular weight is 337 g/mol. The van der Waals surface area contributed by atoms with Gasteiger partial charge in [0.05, 0.1) is 6.61 Å². The van der Waals surface area contributed by atoms with Crippen molar-refractivity contribution in [2.24, 2.45) is 0 Å². The lowest BCUT2D eigenvalue weighted by atomic mass is 10.3.